The largest absolute Gasteiger partial charge is 0.493 e. The molecule has 28 heavy (non-hydrogen) atoms. The summed E-state index contributed by atoms with van der Waals surface area (Å²) >= 11 is 0. The van der Waals surface area contributed by atoms with Crippen LogP contribution in [-0.2, 0) is 14.9 Å². The number of allylic oxidation sites excluding steroid dienone is 1. The number of nitriles is 1. The number of benzene rings is 1. The van der Waals surface area contributed by atoms with Crippen molar-refractivity contribution in [1.29, 1.82) is 5.26 Å². The van der Waals surface area contributed by atoms with E-state index in [1.807, 2.05) is 24.3 Å². The monoisotopic (exact) mass is 381 g/mol. The molecule has 0 aromatic heterocycles. The summed E-state index contributed by atoms with van der Waals surface area (Å²) in [5, 5.41) is 10.1. The lowest BCUT2D eigenvalue weighted by atomic mass is 9.78. The van der Waals surface area contributed by atoms with E-state index in [1.165, 1.54) is 20.0 Å². The van der Waals surface area contributed by atoms with Crippen LogP contribution in [0.4, 0.5) is 0 Å². The van der Waals surface area contributed by atoms with Crippen LogP contribution in [-0.4, -0.2) is 26.3 Å². The van der Waals surface area contributed by atoms with E-state index < -0.39 is 5.41 Å². The molecule has 2 saturated carbocycles. The molecule has 0 bridgehead atoms. The van der Waals surface area contributed by atoms with Crippen molar-refractivity contribution in [3.8, 4) is 17.6 Å². The summed E-state index contributed by atoms with van der Waals surface area (Å²) in [6.45, 7) is 0. The topological polar surface area (TPSA) is 68.6 Å². The van der Waals surface area contributed by atoms with Gasteiger partial charge in [0.1, 0.15) is 0 Å². The number of rotatable bonds is 5. The smallest absolute Gasteiger partial charge is 0.333 e. The molecule has 0 unspecified atom stereocenters. The van der Waals surface area contributed by atoms with Gasteiger partial charge in [0.15, 0.2) is 11.5 Å². The first-order chi connectivity index (χ1) is 13.6. The molecule has 3 atom stereocenters. The van der Waals surface area contributed by atoms with Gasteiger partial charge in [-0.2, -0.15) is 5.26 Å². The van der Waals surface area contributed by atoms with Crippen molar-refractivity contribution in [2.75, 3.05) is 14.2 Å². The Labute approximate surface area is 166 Å². The maximum absolute atomic E-state index is 11.8. The first kappa shape index (κ1) is 18.9. The summed E-state index contributed by atoms with van der Waals surface area (Å²) in [5.41, 5.74) is 1.20. The number of hydrogen-bond donors (Lipinski definition) is 0. The Morgan fingerprint density at radius 2 is 1.96 bits per heavy atom. The molecule has 0 spiro atoms. The lowest BCUT2D eigenvalue weighted by Gasteiger charge is -2.24. The molecule has 0 amide bonds. The van der Waals surface area contributed by atoms with E-state index >= 15 is 0 Å². The molecule has 0 N–H and O–H groups in total. The Balaban J connectivity index is 1.60. The molecule has 1 aromatic carbocycles. The van der Waals surface area contributed by atoms with Crippen molar-refractivity contribution in [2.45, 2.75) is 56.5 Å². The summed E-state index contributed by atoms with van der Waals surface area (Å²) in [5.74, 6) is 1.78. The highest BCUT2D eigenvalue weighted by Gasteiger charge is 2.49. The molecule has 4 rings (SSSR count). The van der Waals surface area contributed by atoms with Crippen LogP contribution in [0.3, 0.4) is 0 Å². The first-order valence-electron chi connectivity index (χ1n) is 10.1. The van der Waals surface area contributed by atoms with Crippen molar-refractivity contribution in [1.82, 2.24) is 0 Å². The van der Waals surface area contributed by atoms with E-state index in [4.69, 9.17) is 14.2 Å². The van der Waals surface area contributed by atoms with Crippen LogP contribution in [0.15, 0.2) is 29.8 Å². The van der Waals surface area contributed by atoms with Crippen LogP contribution in [0.25, 0.3) is 0 Å². The standard InChI is InChI=1S/C23H27NO4/c1-26-20-8-7-18(11-21(20)28-19-5-3-4-6-19)23(14-24)12-16-9-15(22(25)27-2)10-17(16)13-23/h7-9,11,16-17,19H,3-6,10,12-13H2,1-2H3/t16-,17+,23-/m1/s1. The molecule has 1 aromatic rings. The predicted octanol–water partition coefficient (Wildman–Crippen LogP) is 4.31. The summed E-state index contributed by atoms with van der Waals surface area (Å²) in [6.07, 6.45) is 8.97. The zero-order valence-corrected chi connectivity index (χ0v) is 16.6. The van der Waals surface area contributed by atoms with Crippen LogP contribution >= 0.6 is 0 Å². The van der Waals surface area contributed by atoms with E-state index in [-0.39, 0.29) is 18.0 Å². The van der Waals surface area contributed by atoms with E-state index in [9.17, 15) is 10.1 Å². The molecule has 148 valence electrons. The molecule has 5 heteroatoms. The summed E-state index contributed by atoms with van der Waals surface area (Å²) in [7, 11) is 3.07. The minimum absolute atomic E-state index is 0.232. The van der Waals surface area contributed by atoms with Gasteiger partial charge in [-0.05, 0) is 74.5 Å². The molecule has 3 aliphatic carbocycles. The number of ether oxygens (including phenoxy) is 3. The average Bonchev–Trinajstić information content (AvgIpc) is 3.43. The van der Waals surface area contributed by atoms with E-state index in [0.717, 1.165) is 48.3 Å². The molecule has 0 aliphatic heterocycles. The highest BCUT2D eigenvalue weighted by molar-refractivity contribution is 5.89. The van der Waals surface area contributed by atoms with Gasteiger partial charge >= 0.3 is 5.97 Å². The molecular weight excluding hydrogens is 354 g/mol. The number of nitrogens with zero attached hydrogens (tertiary/aromatic N) is 1. The Bertz CT molecular complexity index is 833. The summed E-state index contributed by atoms with van der Waals surface area (Å²) in [4.78, 5) is 11.8. The van der Waals surface area contributed by atoms with E-state index in [0.29, 0.717) is 12.3 Å². The summed E-state index contributed by atoms with van der Waals surface area (Å²) < 4.78 is 16.6. The van der Waals surface area contributed by atoms with Crippen LogP contribution in [0.5, 0.6) is 11.5 Å². The second-order valence-electron chi connectivity index (χ2n) is 8.30. The van der Waals surface area contributed by atoms with Crippen molar-refractivity contribution >= 4 is 5.97 Å². The number of hydrogen-bond acceptors (Lipinski definition) is 5. The Hall–Kier alpha value is -2.48. The van der Waals surface area contributed by atoms with Crippen molar-refractivity contribution in [2.24, 2.45) is 11.8 Å². The van der Waals surface area contributed by atoms with Gasteiger partial charge in [-0.3, -0.25) is 0 Å². The molecule has 0 saturated heterocycles. The lowest BCUT2D eigenvalue weighted by Crippen LogP contribution is -2.22. The molecule has 0 heterocycles. The van der Waals surface area contributed by atoms with Gasteiger partial charge in [-0.15, -0.1) is 0 Å². The van der Waals surface area contributed by atoms with Gasteiger partial charge in [-0.1, -0.05) is 12.1 Å². The average molecular weight is 381 g/mol. The molecule has 5 nitrogen and oxygen atoms in total. The Kier molecular flexibility index (Phi) is 5.05. The Morgan fingerprint density at radius 1 is 1.18 bits per heavy atom. The van der Waals surface area contributed by atoms with Crippen molar-refractivity contribution in [3.63, 3.8) is 0 Å². The second-order valence-corrected chi connectivity index (χ2v) is 8.30. The van der Waals surface area contributed by atoms with Gasteiger partial charge in [0.2, 0.25) is 0 Å². The highest BCUT2D eigenvalue weighted by atomic mass is 16.5. The van der Waals surface area contributed by atoms with Crippen LogP contribution in [0.1, 0.15) is 50.5 Å². The zero-order valence-electron chi connectivity index (χ0n) is 16.6. The fraction of sp³-hybridized carbons (Fsp3) is 0.565. The highest BCUT2D eigenvalue weighted by Crippen LogP contribution is 2.54. The first-order valence-corrected chi connectivity index (χ1v) is 10.1. The van der Waals surface area contributed by atoms with Gasteiger partial charge in [0.05, 0.1) is 31.8 Å². The lowest BCUT2D eigenvalue weighted by molar-refractivity contribution is -0.136. The van der Waals surface area contributed by atoms with Crippen molar-refractivity contribution < 1.29 is 19.0 Å². The van der Waals surface area contributed by atoms with Gasteiger partial charge in [0, 0.05) is 5.57 Å². The van der Waals surface area contributed by atoms with Crippen molar-refractivity contribution in [3.05, 3.63) is 35.4 Å². The number of methoxy groups -OCH3 is 2. The number of carbonyl (C=O) groups is 1. The minimum Gasteiger partial charge on any atom is -0.493 e. The van der Waals surface area contributed by atoms with E-state index in [1.54, 1.807) is 7.11 Å². The van der Waals surface area contributed by atoms with Gasteiger partial charge < -0.3 is 14.2 Å². The third kappa shape index (κ3) is 3.26. The zero-order chi connectivity index (χ0) is 19.7. The van der Waals surface area contributed by atoms with E-state index in [2.05, 4.69) is 6.07 Å². The van der Waals surface area contributed by atoms with Gasteiger partial charge in [0.25, 0.3) is 0 Å². The summed E-state index contributed by atoms with van der Waals surface area (Å²) in [6, 6.07) is 8.52. The SMILES string of the molecule is COC(=O)C1=C[C@@H]2C[C@@](C#N)(c3ccc(OC)c(OC4CCCC4)c3)C[C@@H]2C1. The quantitative estimate of drug-likeness (QED) is 0.711. The normalized spacial score (nSPS) is 29.1. The Morgan fingerprint density at radius 3 is 2.61 bits per heavy atom. The predicted molar refractivity (Wildman–Crippen MR) is 104 cm³/mol. The third-order valence-corrected chi connectivity index (χ3v) is 6.67. The maximum Gasteiger partial charge on any atom is 0.333 e. The van der Waals surface area contributed by atoms with Crippen LogP contribution < -0.4 is 9.47 Å². The fourth-order valence-corrected chi connectivity index (χ4v) is 5.21. The number of esters is 1. The molecular formula is C23H27NO4. The van der Waals surface area contributed by atoms with Crippen LogP contribution in [0, 0.1) is 23.2 Å². The second kappa shape index (κ2) is 7.50. The third-order valence-electron chi connectivity index (χ3n) is 6.67. The maximum atomic E-state index is 11.8. The molecule has 0 radical (unpaired) electrons. The fourth-order valence-electron chi connectivity index (χ4n) is 5.21. The minimum atomic E-state index is -0.548. The number of fused-ring (bicyclic) bond motifs is 1. The van der Waals surface area contributed by atoms with Gasteiger partial charge in [-0.25, -0.2) is 4.79 Å². The molecule has 2 fully saturated rings. The molecule has 3 aliphatic rings. The number of carbonyl (C=O) groups excluding carboxylic acids is 1. The van der Waals surface area contributed by atoms with Crippen LogP contribution in [0.2, 0.25) is 0 Å².